The number of sulfonamides is 1. The van der Waals surface area contributed by atoms with Gasteiger partial charge in [-0.1, -0.05) is 18.2 Å². The number of ketones is 1. The Morgan fingerprint density at radius 3 is 2.45 bits per heavy atom. The molecule has 2 aliphatic carbocycles. The molecule has 0 amide bonds. The summed E-state index contributed by atoms with van der Waals surface area (Å²) in [5, 5.41) is 0. The normalized spacial score (nSPS) is 25.6. The van der Waals surface area contributed by atoms with Crippen molar-refractivity contribution in [2.75, 3.05) is 0 Å². The van der Waals surface area contributed by atoms with Crippen LogP contribution in [0.1, 0.15) is 60.5 Å². The van der Waals surface area contributed by atoms with Crippen LogP contribution in [0.25, 0.3) is 0 Å². The minimum atomic E-state index is -4.65. The third-order valence-corrected chi connectivity index (χ3v) is 8.51. The largest absolute Gasteiger partial charge is 0.433 e. The lowest BCUT2D eigenvalue weighted by Crippen LogP contribution is -2.59. The number of Topliss-reactive ketones (excluding diaryl/α,β-unsaturated/α-hetero) is 1. The van der Waals surface area contributed by atoms with Gasteiger partial charge in [0.25, 0.3) is 0 Å². The van der Waals surface area contributed by atoms with Crippen LogP contribution < -0.4 is 0 Å². The molecule has 2 aromatic rings. The zero-order valence-electron chi connectivity index (χ0n) is 16.8. The number of pyridine rings is 1. The van der Waals surface area contributed by atoms with Crippen LogP contribution in [0.2, 0.25) is 0 Å². The Hall–Kier alpha value is -2.26. The van der Waals surface area contributed by atoms with Crippen LogP contribution in [-0.2, 0) is 27.4 Å². The van der Waals surface area contributed by atoms with Crippen LogP contribution in [0.3, 0.4) is 0 Å². The van der Waals surface area contributed by atoms with Gasteiger partial charge in [0, 0.05) is 24.6 Å². The second kappa shape index (κ2) is 6.87. The zero-order valence-corrected chi connectivity index (χ0v) is 17.6. The summed E-state index contributed by atoms with van der Waals surface area (Å²) in [6, 6.07) is 6.69. The van der Waals surface area contributed by atoms with Gasteiger partial charge in [0.05, 0.1) is 6.04 Å². The standard InChI is InChI=1S/C22H21F3N2O3S/c1-12(28)9-19-18-10-17-15(13-5-6-13)3-2-4-16(17)21(18)27(19)31(29,30)14-7-8-20(26-11-14)22(23,24)25/h2-4,7-8,11,13,18-19,21H,5-6,9-10H2,1H3. The first-order valence-corrected chi connectivity index (χ1v) is 11.7. The Labute approximate surface area is 178 Å². The molecule has 0 spiro atoms. The van der Waals surface area contributed by atoms with Crippen LogP contribution in [0, 0.1) is 5.92 Å². The van der Waals surface area contributed by atoms with Crippen molar-refractivity contribution in [3.8, 4) is 0 Å². The van der Waals surface area contributed by atoms with Crippen LogP contribution in [0.5, 0.6) is 0 Å². The molecule has 1 saturated heterocycles. The highest BCUT2D eigenvalue weighted by Gasteiger charge is 2.59. The Morgan fingerprint density at radius 1 is 1.16 bits per heavy atom. The fourth-order valence-electron chi connectivity index (χ4n) is 5.14. The minimum Gasteiger partial charge on any atom is -0.300 e. The summed E-state index contributed by atoms with van der Waals surface area (Å²) in [5.74, 6) is 0.395. The summed E-state index contributed by atoms with van der Waals surface area (Å²) in [4.78, 5) is 14.9. The monoisotopic (exact) mass is 450 g/mol. The van der Waals surface area contributed by atoms with Crippen molar-refractivity contribution in [3.05, 3.63) is 58.9 Å². The van der Waals surface area contributed by atoms with E-state index in [1.165, 1.54) is 22.4 Å². The van der Waals surface area contributed by atoms with Gasteiger partial charge < -0.3 is 0 Å². The number of nitrogens with zero attached hydrogens (tertiary/aromatic N) is 2. The van der Waals surface area contributed by atoms with Crippen molar-refractivity contribution in [1.29, 1.82) is 0 Å². The Bertz CT molecular complexity index is 1160. The minimum absolute atomic E-state index is 0.00372. The smallest absolute Gasteiger partial charge is 0.300 e. The second-order valence-electron chi connectivity index (χ2n) is 8.69. The third-order valence-electron chi connectivity index (χ3n) is 6.62. The molecule has 164 valence electrons. The second-order valence-corrected chi connectivity index (χ2v) is 10.5. The fourth-order valence-corrected chi connectivity index (χ4v) is 6.97. The summed E-state index contributed by atoms with van der Waals surface area (Å²) < 4.78 is 66.8. The number of hydrogen-bond donors (Lipinski definition) is 0. The maximum atomic E-state index is 13.4. The molecule has 31 heavy (non-hydrogen) atoms. The predicted octanol–water partition coefficient (Wildman–Crippen LogP) is 4.24. The van der Waals surface area contributed by atoms with E-state index in [-0.39, 0.29) is 23.0 Å². The van der Waals surface area contributed by atoms with E-state index in [2.05, 4.69) is 11.1 Å². The summed E-state index contributed by atoms with van der Waals surface area (Å²) in [5.41, 5.74) is 2.25. The Morgan fingerprint density at radius 2 is 1.87 bits per heavy atom. The van der Waals surface area contributed by atoms with E-state index in [1.807, 2.05) is 12.1 Å². The number of carbonyl (C=O) groups is 1. The number of carbonyl (C=O) groups excluding carboxylic acids is 1. The summed E-state index contributed by atoms with van der Waals surface area (Å²) >= 11 is 0. The molecule has 9 heteroatoms. The van der Waals surface area contributed by atoms with E-state index < -0.39 is 34.0 Å². The highest BCUT2D eigenvalue weighted by Crippen LogP contribution is 2.58. The van der Waals surface area contributed by atoms with Gasteiger partial charge in [-0.3, -0.25) is 9.78 Å². The first kappa shape index (κ1) is 20.6. The molecule has 2 fully saturated rings. The summed E-state index contributed by atoms with van der Waals surface area (Å²) in [6.45, 7) is 1.43. The molecule has 3 aliphatic rings. The molecule has 3 unspecified atom stereocenters. The number of benzene rings is 1. The van der Waals surface area contributed by atoms with E-state index in [9.17, 15) is 26.4 Å². The molecule has 2 heterocycles. The van der Waals surface area contributed by atoms with E-state index in [1.54, 1.807) is 0 Å². The van der Waals surface area contributed by atoms with Gasteiger partial charge in [-0.05, 0) is 60.9 Å². The number of aromatic nitrogens is 1. The average Bonchev–Trinajstić information content (AvgIpc) is 3.48. The van der Waals surface area contributed by atoms with Crippen molar-refractivity contribution >= 4 is 15.8 Å². The molecular formula is C22H21F3N2O3S. The number of alkyl halides is 3. The Balaban J connectivity index is 1.54. The molecule has 0 bridgehead atoms. The molecule has 5 rings (SSSR count). The zero-order chi connectivity index (χ0) is 22.1. The predicted molar refractivity (Wildman–Crippen MR) is 106 cm³/mol. The molecular weight excluding hydrogens is 429 g/mol. The van der Waals surface area contributed by atoms with Gasteiger partial charge in [0.1, 0.15) is 16.4 Å². The van der Waals surface area contributed by atoms with E-state index in [0.29, 0.717) is 12.0 Å². The molecule has 5 nitrogen and oxygen atoms in total. The van der Waals surface area contributed by atoms with Crippen molar-refractivity contribution in [1.82, 2.24) is 9.29 Å². The SMILES string of the molecule is CC(=O)CC1C2Cc3c(C4CC4)cccc3C2N1S(=O)(=O)c1ccc(C(F)(F)F)nc1. The van der Waals surface area contributed by atoms with Crippen LogP contribution in [0.15, 0.2) is 41.4 Å². The first-order chi connectivity index (χ1) is 14.6. The fraction of sp³-hybridized carbons (Fsp3) is 0.455. The Kier molecular flexibility index (Phi) is 4.57. The van der Waals surface area contributed by atoms with Crippen LogP contribution >= 0.6 is 0 Å². The molecule has 3 atom stereocenters. The average molecular weight is 450 g/mol. The summed E-state index contributed by atoms with van der Waals surface area (Å²) in [7, 11) is -4.12. The first-order valence-electron chi connectivity index (χ1n) is 10.3. The van der Waals surface area contributed by atoms with Crippen molar-refractivity contribution in [3.63, 3.8) is 0 Å². The van der Waals surface area contributed by atoms with Crippen LogP contribution in [0.4, 0.5) is 13.2 Å². The molecule has 1 saturated carbocycles. The van der Waals surface area contributed by atoms with Crippen molar-refractivity contribution in [2.24, 2.45) is 5.92 Å². The van der Waals surface area contributed by atoms with Gasteiger partial charge in [-0.2, -0.15) is 17.5 Å². The highest BCUT2D eigenvalue weighted by atomic mass is 32.2. The summed E-state index contributed by atoms with van der Waals surface area (Å²) in [6.07, 6.45) is -0.829. The van der Waals surface area contributed by atoms with E-state index >= 15 is 0 Å². The topological polar surface area (TPSA) is 67.3 Å². The lowest BCUT2D eigenvalue weighted by atomic mass is 9.81. The highest BCUT2D eigenvalue weighted by molar-refractivity contribution is 7.89. The van der Waals surface area contributed by atoms with Crippen LogP contribution in [-0.4, -0.2) is 29.5 Å². The van der Waals surface area contributed by atoms with E-state index in [0.717, 1.165) is 37.1 Å². The van der Waals surface area contributed by atoms with E-state index in [4.69, 9.17) is 0 Å². The quantitative estimate of drug-likeness (QED) is 0.683. The van der Waals surface area contributed by atoms with Crippen molar-refractivity contribution in [2.45, 2.75) is 61.7 Å². The maximum absolute atomic E-state index is 13.4. The number of rotatable bonds is 5. The molecule has 1 aromatic carbocycles. The molecule has 0 N–H and O–H groups in total. The van der Waals surface area contributed by atoms with Gasteiger partial charge in [-0.25, -0.2) is 8.42 Å². The van der Waals surface area contributed by atoms with Gasteiger partial charge >= 0.3 is 6.18 Å². The van der Waals surface area contributed by atoms with Gasteiger partial charge in [0.15, 0.2) is 0 Å². The van der Waals surface area contributed by atoms with Gasteiger partial charge in [-0.15, -0.1) is 0 Å². The van der Waals surface area contributed by atoms with Gasteiger partial charge in [0.2, 0.25) is 10.0 Å². The lowest BCUT2D eigenvalue weighted by Gasteiger charge is -2.51. The molecule has 0 radical (unpaired) electrons. The number of halogens is 3. The lowest BCUT2D eigenvalue weighted by molar-refractivity contribution is -0.141. The molecule has 1 aliphatic heterocycles. The maximum Gasteiger partial charge on any atom is 0.433 e. The molecule has 1 aromatic heterocycles. The third kappa shape index (κ3) is 3.29. The number of hydrogen-bond acceptors (Lipinski definition) is 4. The van der Waals surface area contributed by atoms with Crippen molar-refractivity contribution < 1.29 is 26.4 Å². The number of fused-ring (bicyclic) bond motifs is 3.